The monoisotopic (exact) mass is 159 g/mol. The smallest absolute Gasteiger partial charge is 0.249 e. The van der Waals surface area contributed by atoms with Gasteiger partial charge < -0.3 is 9.47 Å². The Morgan fingerprint density at radius 1 is 1.45 bits per heavy atom. The van der Waals surface area contributed by atoms with Crippen LogP contribution >= 0.6 is 0 Å². The normalized spacial score (nSPS) is 9.27. The Bertz CT molecular complexity index is 130. The van der Waals surface area contributed by atoms with Crippen LogP contribution in [0.2, 0.25) is 0 Å². The van der Waals surface area contributed by atoms with Crippen molar-refractivity contribution in [3.63, 3.8) is 0 Å². The van der Waals surface area contributed by atoms with Crippen LogP contribution in [0.15, 0.2) is 12.7 Å². The zero-order valence-electron chi connectivity index (χ0n) is 6.87. The summed E-state index contributed by atoms with van der Waals surface area (Å²) in [6.07, 6.45) is 1.22. The van der Waals surface area contributed by atoms with Crippen molar-refractivity contribution in [2.24, 2.45) is 0 Å². The molecule has 0 N–H and O–H groups in total. The van der Waals surface area contributed by atoms with Gasteiger partial charge in [0.2, 0.25) is 5.91 Å². The van der Waals surface area contributed by atoms with Crippen molar-refractivity contribution in [1.82, 2.24) is 4.90 Å². The first-order chi connectivity index (χ1) is 5.26. The summed E-state index contributed by atoms with van der Waals surface area (Å²) in [5.74, 6) is -0.200. The molecule has 0 bridgehead atoms. The van der Waals surface area contributed by atoms with Crippen LogP contribution in [-0.2, 0) is 14.3 Å². The van der Waals surface area contributed by atoms with Crippen LogP contribution < -0.4 is 0 Å². The number of amides is 1. The molecule has 0 aromatic carbocycles. The molecule has 0 heterocycles. The van der Waals surface area contributed by atoms with Crippen LogP contribution in [0, 0.1) is 0 Å². The second-order valence-corrected chi connectivity index (χ2v) is 1.92. The molecule has 0 saturated heterocycles. The summed E-state index contributed by atoms with van der Waals surface area (Å²) >= 11 is 0. The fourth-order valence-corrected chi connectivity index (χ4v) is 0.605. The molecule has 0 saturated carbocycles. The Morgan fingerprint density at radius 3 is 2.18 bits per heavy atom. The summed E-state index contributed by atoms with van der Waals surface area (Å²) in [4.78, 5) is 12.3. The van der Waals surface area contributed by atoms with Crippen molar-refractivity contribution in [3.8, 4) is 0 Å². The molecule has 0 aliphatic rings. The standard InChI is InChI=1S/C7H13NO3/c1-4-7(9)8(5-10-2)6-11-3/h4H,1,5-6H2,2-3H3. The maximum atomic E-state index is 10.9. The first-order valence-corrected chi connectivity index (χ1v) is 3.15. The number of carbonyl (C=O) groups is 1. The average molecular weight is 159 g/mol. The molecule has 0 unspecified atom stereocenters. The summed E-state index contributed by atoms with van der Waals surface area (Å²) in [5, 5.41) is 0. The van der Waals surface area contributed by atoms with Crippen molar-refractivity contribution >= 4 is 5.91 Å². The molecule has 0 spiro atoms. The third-order valence-corrected chi connectivity index (χ3v) is 1.06. The molecule has 1 amide bonds. The Hall–Kier alpha value is -0.870. The summed E-state index contributed by atoms with van der Waals surface area (Å²) in [7, 11) is 3.03. The molecule has 0 fully saturated rings. The second kappa shape index (κ2) is 5.88. The lowest BCUT2D eigenvalue weighted by molar-refractivity contribution is -0.136. The number of hydrogen-bond acceptors (Lipinski definition) is 3. The SMILES string of the molecule is C=CC(=O)N(COC)COC. The Morgan fingerprint density at radius 2 is 1.91 bits per heavy atom. The largest absolute Gasteiger partial charge is 0.364 e. The number of methoxy groups -OCH3 is 2. The van der Waals surface area contributed by atoms with Gasteiger partial charge in [0.05, 0.1) is 0 Å². The highest BCUT2D eigenvalue weighted by Crippen LogP contribution is 1.90. The van der Waals surface area contributed by atoms with E-state index in [1.807, 2.05) is 0 Å². The van der Waals surface area contributed by atoms with Crippen LogP contribution in [0.5, 0.6) is 0 Å². The van der Waals surface area contributed by atoms with Crippen molar-refractivity contribution in [3.05, 3.63) is 12.7 Å². The van der Waals surface area contributed by atoms with Crippen LogP contribution in [0.4, 0.5) is 0 Å². The van der Waals surface area contributed by atoms with E-state index in [2.05, 4.69) is 6.58 Å². The van der Waals surface area contributed by atoms with Gasteiger partial charge in [-0.3, -0.25) is 9.69 Å². The average Bonchev–Trinajstić information content (AvgIpc) is 2.03. The van der Waals surface area contributed by atoms with Gasteiger partial charge in [-0.05, 0) is 6.08 Å². The molecule has 0 radical (unpaired) electrons. The Kier molecular flexibility index (Phi) is 5.42. The number of rotatable bonds is 5. The van der Waals surface area contributed by atoms with Crippen LogP contribution in [-0.4, -0.2) is 38.5 Å². The quantitative estimate of drug-likeness (QED) is 0.425. The van der Waals surface area contributed by atoms with E-state index in [0.717, 1.165) is 0 Å². The molecule has 0 atom stereocenters. The highest BCUT2D eigenvalue weighted by molar-refractivity contribution is 5.86. The lowest BCUT2D eigenvalue weighted by atomic mass is 10.5. The summed E-state index contributed by atoms with van der Waals surface area (Å²) in [6.45, 7) is 3.79. The van der Waals surface area contributed by atoms with Crippen LogP contribution in [0.25, 0.3) is 0 Å². The molecular weight excluding hydrogens is 146 g/mol. The van der Waals surface area contributed by atoms with Gasteiger partial charge in [0.15, 0.2) is 0 Å². The molecule has 4 heteroatoms. The first-order valence-electron chi connectivity index (χ1n) is 3.15. The first kappa shape index (κ1) is 10.1. The van der Waals surface area contributed by atoms with E-state index in [0.29, 0.717) is 0 Å². The molecule has 0 rings (SSSR count). The molecule has 0 aromatic rings. The zero-order valence-corrected chi connectivity index (χ0v) is 6.87. The molecule has 0 aromatic heterocycles. The summed E-state index contributed by atoms with van der Waals surface area (Å²) in [5.41, 5.74) is 0. The van der Waals surface area contributed by atoms with Crippen molar-refractivity contribution in [2.75, 3.05) is 27.7 Å². The molecule has 4 nitrogen and oxygen atoms in total. The van der Waals surface area contributed by atoms with Gasteiger partial charge in [-0.2, -0.15) is 0 Å². The van der Waals surface area contributed by atoms with Gasteiger partial charge in [-0.25, -0.2) is 0 Å². The van der Waals surface area contributed by atoms with E-state index in [1.165, 1.54) is 25.2 Å². The third kappa shape index (κ3) is 3.75. The Balaban J connectivity index is 3.86. The fourth-order valence-electron chi connectivity index (χ4n) is 0.605. The predicted octanol–water partition coefficient (Wildman–Crippen LogP) is 0.209. The van der Waals surface area contributed by atoms with Gasteiger partial charge in [0, 0.05) is 14.2 Å². The predicted molar refractivity (Wildman–Crippen MR) is 40.8 cm³/mol. The minimum atomic E-state index is -0.200. The van der Waals surface area contributed by atoms with E-state index in [-0.39, 0.29) is 19.4 Å². The maximum absolute atomic E-state index is 10.9. The third-order valence-electron chi connectivity index (χ3n) is 1.06. The minimum absolute atomic E-state index is 0.200. The van der Waals surface area contributed by atoms with E-state index in [1.54, 1.807) is 0 Å². The van der Waals surface area contributed by atoms with Crippen molar-refractivity contribution in [1.29, 1.82) is 0 Å². The highest BCUT2D eigenvalue weighted by Gasteiger charge is 2.07. The van der Waals surface area contributed by atoms with E-state index in [4.69, 9.17) is 9.47 Å². The van der Waals surface area contributed by atoms with E-state index in [9.17, 15) is 4.79 Å². The lowest BCUT2D eigenvalue weighted by Gasteiger charge is -2.18. The summed E-state index contributed by atoms with van der Waals surface area (Å²) < 4.78 is 9.51. The second-order valence-electron chi connectivity index (χ2n) is 1.92. The number of nitrogens with zero attached hydrogens (tertiary/aromatic N) is 1. The van der Waals surface area contributed by atoms with Crippen LogP contribution in [0.1, 0.15) is 0 Å². The van der Waals surface area contributed by atoms with Gasteiger partial charge in [0.25, 0.3) is 0 Å². The summed E-state index contributed by atoms with van der Waals surface area (Å²) in [6, 6.07) is 0. The van der Waals surface area contributed by atoms with Crippen LogP contribution in [0.3, 0.4) is 0 Å². The number of hydrogen-bond donors (Lipinski definition) is 0. The van der Waals surface area contributed by atoms with E-state index >= 15 is 0 Å². The highest BCUT2D eigenvalue weighted by atomic mass is 16.5. The molecular formula is C7H13NO3. The molecule has 0 aliphatic heterocycles. The lowest BCUT2D eigenvalue weighted by Crippen LogP contribution is -2.32. The minimum Gasteiger partial charge on any atom is -0.364 e. The Labute approximate surface area is 66.4 Å². The number of ether oxygens (including phenoxy) is 2. The van der Waals surface area contributed by atoms with Crippen molar-refractivity contribution < 1.29 is 14.3 Å². The van der Waals surface area contributed by atoms with Gasteiger partial charge in [-0.1, -0.05) is 6.58 Å². The maximum Gasteiger partial charge on any atom is 0.249 e. The molecule has 11 heavy (non-hydrogen) atoms. The van der Waals surface area contributed by atoms with Gasteiger partial charge in [-0.15, -0.1) is 0 Å². The van der Waals surface area contributed by atoms with Gasteiger partial charge in [0.1, 0.15) is 13.5 Å². The zero-order chi connectivity index (χ0) is 8.69. The van der Waals surface area contributed by atoms with E-state index < -0.39 is 0 Å². The molecule has 0 aliphatic carbocycles. The topological polar surface area (TPSA) is 38.8 Å². The van der Waals surface area contributed by atoms with Crippen molar-refractivity contribution in [2.45, 2.75) is 0 Å². The fraction of sp³-hybridized carbons (Fsp3) is 0.571. The molecule has 64 valence electrons. The van der Waals surface area contributed by atoms with Gasteiger partial charge >= 0.3 is 0 Å². The number of carbonyl (C=O) groups excluding carboxylic acids is 1.